The molecule has 0 saturated heterocycles. The average Bonchev–Trinajstić information content (AvgIpc) is 1.94. The van der Waals surface area contributed by atoms with Crippen LogP contribution in [0, 0.1) is 0 Å². The lowest BCUT2D eigenvalue weighted by Crippen LogP contribution is -2.19. The first-order valence-corrected chi connectivity index (χ1v) is 4.12. The van der Waals surface area contributed by atoms with Crippen LogP contribution in [-0.2, 0) is 0 Å². The van der Waals surface area contributed by atoms with Gasteiger partial charge in [-0.15, -0.1) is 0 Å². The second kappa shape index (κ2) is 8.54. The van der Waals surface area contributed by atoms with Crippen molar-refractivity contribution in [2.45, 2.75) is 34.6 Å². The molecular formula is C9H21N. The Morgan fingerprint density at radius 3 is 1.50 bits per heavy atom. The molecular weight excluding hydrogens is 122 g/mol. The summed E-state index contributed by atoms with van der Waals surface area (Å²) in [5.41, 5.74) is 1.16. The summed E-state index contributed by atoms with van der Waals surface area (Å²) in [6.45, 7) is 16.3. The van der Waals surface area contributed by atoms with E-state index in [1.807, 2.05) is 20.8 Å². The summed E-state index contributed by atoms with van der Waals surface area (Å²) in [7, 11) is 0. The van der Waals surface area contributed by atoms with Crippen molar-refractivity contribution in [1.82, 2.24) is 4.90 Å². The molecule has 0 unspecified atom stereocenters. The van der Waals surface area contributed by atoms with Crippen molar-refractivity contribution >= 4 is 0 Å². The Bertz CT molecular complexity index is 72.8. The van der Waals surface area contributed by atoms with Gasteiger partial charge in [0, 0.05) is 18.8 Å². The van der Waals surface area contributed by atoms with E-state index >= 15 is 0 Å². The largest absolute Gasteiger partial charge is 0.376 e. The second-order valence-electron chi connectivity index (χ2n) is 1.91. The van der Waals surface area contributed by atoms with Crippen molar-refractivity contribution in [1.29, 1.82) is 0 Å². The lowest BCUT2D eigenvalue weighted by atomic mass is 10.4. The third-order valence-electron chi connectivity index (χ3n) is 1.30. The van der Waals surface area contributed by atoms with Crippen molar-refractivity contribution in [2.75, 3.05) is 13.1 Å². The van der Waals surface area contributed by atoms with Gasteiger partial charge >= 0.3 is 0 Å². The van der Waals surface area contributed by atoms with Crippen LogP contribution >= 0.6 is 0 Å². The van der Waals surface area contributed by atoms with Crippen LogP contribution < -0.4 is 0 Å². The predicted octanol–water partition coefficient (Wildman–Crippen LogP) is 2.89. The van der Waals surface area contributed by atoms with Crippen LogP contribution in [0.3, 0.4) is 0 Å². The Kier molecular flexibility index (Phi) is 10.5. The summed E-state index contributed by atoms with van der Waals surface area (Å²) in [5, 5.41) is 0. The fourth-order valence-corrected chi connectivity index (χ4v) is 0.763. The molecule has 0 aromatic carbocycles. The van der Waals surface area contributed by atoms with E-state index < -0.39 is 0 Å². The molecule has 62 valence electrons. The number of hydrogen-bond acceptors (Lipinski definition) is 1. The first kappa shape index (κ1) is 12.2. The molecule has 0 spiro atoms. The molecule has 0 aliphatic rings. The molecule has 0 bridgehead atoms. The van der Waals surface area contributed by atoms with Gasteiger partial charge in [-0.25, -0.2) is 0 Å². The lowest BCUT2D eigenvalue weighted by molar-refractivity contribution is 0.385. The van der Waals surface area contributed by atoms with E-state index in [0.29, 0.717) is 0 Å². The zero-order valence-electron chi connectivity index (χ0n) is 8.07. The molecule has 0 aromatic heterocycles. The molecule has 0 rings (SSSR count). The average molecular weight is 143 g/mol. The third kappa shape index (κ3) is 5.67. The normalized spacial score (nSPS) is 7.70. The van der Waals surface area contributed by atoms with Crippen molar-refractivity contribution in [3.63, 3.8) is 0 Å². The molecule has 1 heteroatoms. The van der Waals surface area contributed by atoms with Crippen LogP contribution in [0.5, 0.6) is 0 Å². The Morgan fingerprint density at radius 1 is 1.20 bits per heavy atom. The lowest BCUT2D eigenvalue weighted by Gasteiger charge is -2.19. The van der Waals surface area contributed by atoms with Crippen LogP contribution in [0.1, 0.15) is 34.6 Å². The SMILES string of the molecule is C=C(C)N(CC)CC.CC. The topological polar surface area (TPSA) is 3.24 Å². The molecule has 0 atom stereocenters. The Morgan fingerprint density at radius 2 is 1.50 bits per heavy atom. The standard InChI is InChI=1S/C7H15N.C2H6/c1-5-8(6-2)7(3)4;1-2/h3,5-6H2,1-2,4H3;1-2H3. The van der Waals surface area contributed by atoms with E-state index in [1.165, 1.54) is 0 Å². The minimum atomic E-state index is 1.08. The molecule has 0 N–H and O–H groups in total. The number of allylic oxidation sites excluding steroid dienone is 1. The Balaban J connectivity index is 0. The Labute approximate surface area is 65.7 Å². The van der Waals surface area contributed by atoms with Crippen molar-refractivity contribution in [2.24, 2.45) is 0 Å². The molecule has 0 amide bonds. The maximum Gasteiger partial charge on any atom is 0.0146 e. The van der Waals surface area contributed by atoms with Crippen LogP contribution in [0.2, 0.25) is 0 Å². The molecule has 0 aliphatic carbocycles. The van der Waals surface area contributed by atoms with E-state index in [2.05, 4.69) is 25.3 Å². The molecule has 0 saturated carbocycles. The van der Waals surface area contributed by atoms with Crippen molar-refractivity contribution < 1.29 is 0 Å². The van der Waals surface area contributed by atoms with Gasteiger partial charge in [-0.05, 0) is 20.8 Å². The molecule has 1 nitrogen and oxygen atoms in total. The van der Waals surface area contributed by atoms with Gasteiger partial charge in [0.15, 0.2) is 0 Å². The van der Waals surface area contributed by atoms with Gasteiger partial charge in [0.05, 0.1) is 0 Å². The first-order valence-electron chi connectivity index (χ1n) is 4.12. The van der Waals surface area contributed by atoms with Crippen molar-refractivity contribution in [3.05, 3.63) is 12.3 Å². The fourth-order valence-electron chi connectivity index (χ4n) is 0.763. The van der Waals surface area contributed by atoms with Crippen LogP contribution in [0.4, 0.5) is 0 Å². The molecule has 0 radical (unpaired) electrons. The van der Waals surface area contributed by atoms with Crippen molar-refractivity contribution in [3.8, 4) is 0 Å². The highest BCUT2D eigenvalue weighted by molar-refractivity contribution is 4.86. The van der Waals surface area contributed by atoms with Gasteiger partial charge in [-0.3, -0.25) is 0 Å². The maximum atomic E-state index is 3.82. The zero-order chi connectivity index (χ0) is 8.57. The zero-order valence-corrected chi connectivity index (χ0v) is 8.07. The van der Waals surface area contributed by atoms with E-state index in [1.54, 1.807) is 0 Å². The summed E-state index contributed by atoms with van der Waals surface area (Å²) >= 11 is 0. The van der Waals surface area contributed by atoms with Crippen LogP contribution in [0.25, 0.3) is 0 Å². The van der Waals surface area contributed by atoms with Gasteiger partial charge in [-0.2, -0.15) is 0 Å². The molecule has 0 aromatic rings. The monoisotopic (exact) mass is 143 g/mol. The predicted molar refractivity (Wildman–Crippen MR) is 49.1 cm³/mol. The number of rotatable bonds is 3. The smallest absolute Gasteiger partial charge is 0.0146 e. The third-order valence-corrected chi connectivity index (χ3v) is 1.30. The van der Waals surface area contributed by atoms with Gasteiger partial charge in [0.2, 0.25) is 0 Å². The highest BCUT2D eigenvalue weighted by Crippen LogP contribution is 1.96. The minimum absolute atomic E-state index is 1.08. The van der Waals surface area contributed by atoms with E-state index in [-0.39, 0.29) is 0 Å². The first-order chi connectivity index (χ1) is 4.72. The molecule has 10 heavy (non-hydrogen) atoms. The molecule has 0 fully saturated rings. The highest BCUT2D eigenvalue weighted by Gasteiger charge is 1.92. The number of hydrogen-bond donors (Lipinski definition) is 0. The van der Waals surface area contributed by atoms with Gasteiger partial charge < -0.3 is 4.90 Å². The Hall–Kier alpha value is -0.460. The van der Waals surface area contributed by atoms with E-state index in [0.717, 1.165) is 18.8 Å². The summed E-state index contributed by atoms with van der Waals surface area (Å²) in [6.07, 6.45) is 0. The maximum absolute atomic E-state index is 3.82. The highest BCUT2D eigenvalue weighted by atomic mass is 15.1. The van der Waals surface area contributed by atoms with Gasteiger partial charge in [0.1, 0.15) is 0 Å². The number of nitrogens with zero attached hydrogens (tertiary/aromatic N) is 1. The van der Waals surface area contributed by atoms with Gasteiger partial charge in [0.25, 0.3) is 0 Å². The van der Waals surface area contributed by atoms with E-state index in [4.69, 9.17) is 0 Å². The molecule has 0 heterocycles. The van der Waals surface area contributed by atoms with Gasteiger partial charge in [-0.1, -0.05) is 20.4 Å². The van der Waals surface area contributed by atoms with Crippen LogP contribution in [-0.4, -0.2) is 18.0 Å². The fraction of sp³-hybridized carbons (Fsp3) is 0.778. The van der Waals surface area contributed by atoms with Crippen LogP contribution in [0.15, 0.2) is 12.3 Å². The summed E-state index contributed by atoms with van der Waals surface area (Å²) in [4.78, 5) is 2.22. The second-order valence-corrected chi connectivity index (χ2v) is 1.91. The summed E-state index contributed by atoms with van der Waals surface area (Å²) in [6, 6.07) is 0. The minimum Gasteiger partial charge on any atom is -0.376 e. The summed E-state index contributed by atoms with van der Waals surface area (Å²) < 4.78 is 0. The molecule has 0 aliphatic heterocycles. The summed E-state index contributed by atoms with van der Waals surface area (Å²) in [5.74, 6) is 0. The van der Waals surface area contributed by atoms with E-state index in [9.17, 15) is 0 Å². The quantitative estimate of drug-likeness (QED) is 0.587.